The Balaban J connectivity index is 1.84. The van der Waals surface area contributed by atoms with Gasteiger partial charge >= 0.3 is 0 Å². The van der Waals surface area contributed by atoms with Gasteiger partial charge in [0.1, 0.15) is 5.82 Å². The average molecular weight is 263 g/mol. The number of H-pyrrole nitrogens is 1. The zero-order valence-electron chi connectivity index (χ0n) is 12.5. The second-order valence-corrected chi connectivity index (χ2v) is 6.36. The molecule has 0 aliphatic heterocycles. The van der Waals surface area contributed by atoms with Crippen LogP contribution in [-0.2, 0) is 6.54 Å². The molecule has 0 amide bonds. The fourth-order valence-corrected chi connectivity index (χ4v) is 2.90. The molecule has 108 valence electrons. The molecule has 0 atom stereocenters. The van der Waals surface area contributed by atoms with E-state index in [-0.39, 0.29) is 0 Å². The van der Waals surface area contributed by atoms with E-state index in [0.29, 0.717) is 11.8 Å². The van der Waals surface area contributed by atoms with Gasteiger partial charge in [0.25, 0.3) is 0 Å². The summed E-state index contributed by atoms with van der Waals surface area (Å²) in [7, 11) is 0. The Labute approximate surface area is 117 Å². The first-order valence-corrected chi connectivity index (χ1v) is 8.00. The maximum absolute atomic E-state index is 4.61. The molecule has 1 aliphatic carbocycles. The molecule has 19 heavy (non-hydrogen) atoms. The van der Waals surface area contributed by atoms with Crippen LogP contribution in [0.15, 0.2) is 6.20 Å². The van der Waals surface area contributed by atoms with E-state index >= 15 is 0 Å². The minimum absolute atomic E-state index is 0.666. The molecule has 1 fully saturated rings. The summed E-state index contributed by atoms with van der Waals surface area (Å²) in [5.74, 6) is 2.59. The first-order valence-electron chi connectivity index (χ1n) is 8.00. The Hall–Kier alpha value is -0.830. The smallest absolute Gasteiger partial charge is 0.109 e. The Bertz CT molecular complexity index is 349. The van der Waals surface area contributed by atoms with Gasteiger partial charge in [-0.25, -0.2) is 4.98 Å². The second kappa shape index (κ2) is 7.68. The molecule has 1 heterocycles. The van der Waals surface area contributed by atoms with Crippen LogP contribution in [0, 0.1) is 5.92 Å². The molecule has 2 N–H and O–H groups in total. The number of hydrogen-bond donors (Lipinski definition) is 2. The minimum Gasteiger partial charge on any atom is -0.345 e. The van der Waals surface area contributed by atoms with E-state index in [1.807, 2.05) is 6.20 Å². The summed E-state index contributed by atoms with van der Waals surface area (Å²) in [6, 6.07) is 0. The van der Waals surface area contributed by atoms with Crippen molar-refractivity contribution in [2.45, 2.75) is 71.3 Å². The van der Waals surface area contributed by atoms with Crippen molar-refractivity contribution in [2.75, 3.05) is 6.54 Å². The van der Waals surface area contributed by atoms with Crippen molar-refractivity contribution in [1.82, 2.24) is 15.3 Å². The zero-order chi connectivity index (χ0) is 13.5. The molecule has 1 aromatic heterocycles. The minimum atomic E-state index is 0.666. The molecule has 2 rings (SSSR count). The van der Waals surface area contributed by atoms with E-state index in [1.54, 1.807) is 0 Å². The lowest BCUT2D eigenvalue weighted by atomic mass is 9.91. The third-order valence-electron chi connectivity index (χ3n) is 4.01. The lowest BCUT2D eigenvalue weighted by Gasteiger charge is -2.17. The second-order valence-electron chi connectivity index (χ2n) is 6.36. The molecule has 0 radical (unpaired) electrons. The number of nitrogens with zero attached hydrogens (tertiary/aromatic N) is 1. The van der Waals surface area contributed by atoms with Gasteiger partial charge in [0.05, 0.1) is 0 Å². The number of rotatable bonds is 5. The van der Waals surface area contributed by atoms with E-state index < -0.39 is 0 Å². The van der Waals surface area contributed by atoms with Crippen molar-refractivity contribution in [2.24, 2.45) is 5.92 Å². The average Bonchev–Trinajstić information content (AvgIpc) is 2.76. The molecule has 0 spiro atoms. The summed E-state index contributed by atoms with van der Waals surface area (Å²) in [6.45, 7) is 6.45. The van der Waals surface area contributed by atoms with E-state index in [1.165, 1.54) is 56.5 Å². The first kappa shape index (κ1) is 14.6. The lowest BCUT2D eigenvalue weighted by Crippen LogP contribution is -2.19. The van der Waals surface area contributed by atoms with E-state index in [2.05, 4.69) is 29.1 Å². The van der Waals surface area contributed by atoms with Crippen molar-refractivity contribution in [1.29, 1.82) is 0 Å². The lowest BCUT2D eigenvalue weighted by molar-refractivity contribution is 0.444. The standard InChI is InChI=1S/C16H29N3/c1-13(2)10-17-11-15-12-18-16(19-15)14-8-6-4-3-5-7-9-14/h12-14,17H,3-11H2,1-2H3,(H,18,19). The molecule has 0 unspecified atom stereocenters. The largest absolute Gasteiger partial charge is 0.345 e. The van der Waals surface area contributed by atoms with Gasteiger partial charge in [-0.2, -0.15) is 0 Å². The predicted molar refractivity (Wildman–Crippen MR) is 80.2 cm³/mol. The van der Waals surface area contributed by atoms with Crippen molar-refractivity contribution in [3.63, 3.8) is 0 Å². The maximum atomic E-state index is 4.61. The Morgan fingerprint density at radius 2 is 1.89 bits per heavy atom. The van der Waals surface area contributed by atoms with Crippen LogP contribution in [0.4, 0.5) is 0 Å². The molecule has 1 aliphatic rings. The fourth-order valence-electron chi connectivity index (χ4n) is 2.90. The Kier molecular flexibility index (Phi) is 5.90. The van der Waals surface area contributed by atoms with Crippen LogP contribution in [0.2, 0.25) is 0 Å². The van der Waals surface area contributed by atoms with Gasteiger partial charge in [0, 0.05) is 24.4 Å². The molecule has 3 heteroatoms. The van der Waals surface area contributed by atoms with Crippen LogP contribution in [0.3, 0.4) is 0 Å². The number of hydrogen-bond acceptors (Lipinski definition) is 2. The van der Waals surface area contributed by atoms with Gasteiger partial charge in [-0.15, -0.1) is 0 Å². The summed E-state index contributed by atoms with van der Waals surface area (Å²) in [6.07, 6.45) is 11.6. The molecule has 0 aromatic carbocycles. The van der Waals surface area contributed by atoms with Crippen molar-refractivity contribution >= 4 is 0 Å². The van der Waals surface area contributed by atoms with Gasteiger partial charge in [-0.1, -0.05) is 46.0 Å². The molecule has 1 saturated carbocycles. The fraction of sp³-hybridized carbons (Fsp3) is 0.812. The zero-order valence-corrected chi connectivity index (χ0v) is 12.5. The van der Waals surface area contributed by atoms with E-state index in [0.717, 1.165) is 13.1 Å². The molecule has 3 nitrogen and oxygen atoms in total. The number of aromatic amines is 1. The molecule has 0 bridgehead atoms. The number of aromatic nitrogens is 2. The highest BCUT2D eigenvalue weighted by Crippen LogP contribution is 2.29. The van der Waals surface area contributed by atoms with Crippen LogP contribution in [0.25, 0.3) is 0 Å². The quantitative estimate of drug-likeness (QED) is 0.843. The van der Waals surface area contributed by atoms with Crippen LogP contribution in [0.5, 0.6) is 0 Å². The maximum Gasteiger partial charge on any atom is 0.109 e. The van der Waals surface area contributed by atoms with Crippen LogP contribution in [0.1, 0.15) is 76.2 Å². The topological polar surface area (TPSA) is 40.7 Å². The molecule has 1 aromatic rings. The summed E-state index contributed by atoms with van der Waals surface area (Å²) >= 11 is 0. The molecule has 0 saturated heterocycles. The van der Waals surface area contributed by atoms with Crippen LogP contribution in [-0.4, -0.2) is 16.5 Å². The van der Waals surface area contributed by atoms with Gasteiger partial charge in [0.2, 0.25) is 0 Å². The van der Waals surface area contributed by atoms with Gasteiger partial charge in [-0.05, 0) is 25.3 Å². The summed E-state index contributed by atoms with van der Waals surface area (Å²) in [5.41, 5.74) is 1.23. The van der Waals surface area contributed by atoms with Gasteiger partial charge < -0.3 is 10.3 Å². The van der Waals surface area contributed by atoms with Crippen LogP contribution >= 0.6 is 0 Å². The predicted octanol–water partition coefficient (Wildman–Crippen LogP) is 3.98. The SMILES string of the molecule is CC(C)CNCc1cnc(C2CCCCCCC2)[nH]1. The van der Waals surface area contributed by atoms with Crippen molar-refractivity contribution in [3.8, 4) is 0 Å². The first-order chi connectivity index (χ1) is 9.25. The van der Waals surface area contributed by atoms with E-state index in [4.69, 9.17) is 0 Å². The highest BCUT2D eigenvalue weighted by molar-refractivity contribution is 5.05. The van der Waals surface area contributed by atoms with Gasteiger partial charge in [0.15, 0.2) is 0 Å². The third kappa shape index (κ3) is 4.98. The Morgan fingerprint density at radius 1 is 1.21 bits per heavy atom. The Morgan fingerprint density at radius 3 is 2.58 bits per heavy atom. The third-order valence-corrected chi connectivity index (χ3v) is 4.01. The highest BCUT2D eigenvalue weighted by atomic mass is 15.0. The normalized spacial score (nSPS) is 18.5. The molecular formula is C16H29N3. The highest BCUT2D eigenvalue weighted by Gasteiger charge is 2.16. The van der Waals surface area contributed by atoms with Crippen molar-refractivity contribution < 1.29 is 0 Å². The monoisotopic (exact) mass is 263 g/mol. The molecular weight excluding hydrogens is 234 g/mol. The van der Waals surface area contributed by atoms with Gasteiger partial charge in [-0.3, -0.25) is 0 Å². The summed E-state index contributed by atoms with van der Waals surface area (Å²) in [5, 5.41) is 3.47. The van der Waals surface area contributed by atoms with Crippen LogP contribution < -0.4 is 5.32 Å². The van der Waals surface area contributed by atoms with Crippen molar-refractivity contribution in [3.05, 3.63) is 17.7 Å². The summed E-state index contributed by atoms with van der Waals surface area (Å²) < 4.78 is 0. The summed E-state index contributed by atoms with van der Waals surface area (Å²) in [4.78, 5) is 8.15. The number of imidazole rings is 1. The van der Waals surface area contributed by atoms with E-state index in [9.17, 15) is 0 Å². The number of nitrogens with one attached hydrogen (secondary N) is 2.